The Bertz CT molecular complexity index is 813. The molecule has 0 unspecified atom stereocenters. The minimum Gasteiger partial charge on any atom is -0.506 e. The molecule has 0 aliphatic heterocycles. The van der Waals surface area contributed by atoms with Crippen LogP contribution in [0.4, 0.5) is 0 Å². The van der Waals surface area contributed by atoms with Gasteiger partial charge in [0.1, 0.15) is 17.5 Å². The number of amides is 1. The smallest absolute Gasteiger partial charge is 0.326 e. The van der Waals surface area contributed by atoms with Gasteiger partial charge in [-0.1, -0.05) is 0 Å². The molecular formula is C16H11I4NO5. The number of phenolic OH excluding ortho intramolecular Hbond substituents is 1. The molecule has 3 N–H and O–H groups in total. The number of aliphatic carboxylic acids is 1. The molecule has 0 radical (unpaired) electrons. The molecule has 1 atom stereocenters. The standard InChI is InChI=1S/C16H11I4NO5/c17-9-4-8(5-10(18)14(9)23)26-15-11(19)1-7(2-12(15)20)3-13(16(24)25)21-6-22/h1-2,4-6,13,23H,3H2,(H,21,22)(H,24,25)/t13-/m0/s1/i4+1,5+1,8+1,9+1,10+1,14+1. The van der Waals surface area contributed by atoms with E-state index < -0.39 is 12.0 Å². The first kappa shape index (κ1) is 22.2. The van der Waals surface area contributed by atoms with Gasteiger partial charge in [0.05, 0.1) is 14.3 Å². The Morgan fingerprint density at radius 1 is 1.08 bits per heavy atom. The first-order valence-corrected chi connectivity index (χ1v) is 11.3. The highest BCUT2D eigenvalue weighted by Gasteiger charge is 2.19. The van der Waals surface area contributed by atoms with Crippen LogP contribution in [0.2, 0.25) is 0 Å². The lowest BCUT2D eigenvalue weighted by molar-refractivity contribution is -0.140. The van der Waals surface area contributed by atoms with Gasteiger partial charge in [-0.15, -0.1) is 0 Å². The van der Waals surface area contributed by atoms with Crippen LogP contribution in [0.15, 0.2) is 24.3 Å². The van der Waals surface area contributed by atoms with Crippen LogP contribution in [0.3, 0.4) is 0 Å². The van der Waals surface area contributed by atoms with Gasteiger partial charge >= 0.3 is 5.97 Å². The zero-order chi connectivity index (χ0) is 19.4. The maximum atomic E-state index is 11.2. The normalized spacial score (nSPS) is 11.7. The molecule has 0 aliphatic carbocycles. The van der Waals surface area contributed by atoms with Crippen molar-refractivity contribution in [3.8, 4) is 17.2 Å². The summed E-state index contributed by atoms with van der Waals surface area (Å²) in [5.74, 6) is 0.394. The Kier molecular flexibility index (Phi) is 8.45. The van der Waals surface area contributed by atoms with Gasteiger partial charge < -0.3 is 20.3 Å². The molecule has 2 aromatic rings. The summed E-state index contributed by atoms with van der Waals surface area (Å²) in [4.78, 5) is 21.8. The maximum Gasteiger partial charge on any atom is 0.326 e. The van der Waals surface area contributed by atoms with Gasteiger partial charge in [-0.2, -0.15) is 0 Å². The summed E-state index contributed by atoms with van der Waals surface area (Å²) in [5, 5.41) is 21.3. The summed E-state index contributed by atoms with van der Waals surface area (Å²) in [7, 11) is 0. The number of carbonyl (C=O) groups excluding carboxylic acids is 1. The van der Waals surface area contributed by atoms with E-state index in [2.05, 4.69) is 50.5 Å². The number of halogens is 4. The first-order valence-electron chi connectivity index (χ1n) is 6.99. The molecule has 138 valence electrons. The van der Waals surface area contributed by atoms with Crippen LogP contribution in [0, 0.1) is 14.3 Å². The topological polar surface area (TPSA) is 95.9 Å². The second-order valence-corrected chi connectivity index (χ2v) is 9.75. The second kappa shape index (κ2) is 9.90. The van der Waals surface area contributed by atoms with Crippen molar-refractivity contribution in [2.75, 3.05) is 0 Å². The zero-order valence-electron chi connectivity index (χ0n) is 12.8. The molecule has 2 aromatic carbocycles. The lowest BCUT2D eigenvalue weighted by atomic mass is 10.1. The van der Waals surface area contributed by atoms with E-state index in [9.17, 15) is 14.7 Å². The van der Waals surface area contributed by atoms with Crippen molar-refractivity contribution in [3.05, 3.63) is 44.1 Å². The number of carbonyl (C=O) groups is 2. The van der Waals surface area contributed by atoms with E-state index in [1.165, 1.54) is 0 Å². The number of aromatic hydroxyl groups is 1. The van der Waals surface area contributed by atoms with Crippen LogP contribution in [-0.4, -0.2) is 28.6 Å². The Labute approximate surface area is 204 Å². The van der Waals surface area contributed by atoms with E-state index in [1.54, 1.807) is 12.1 Å². The van der Waals surface area contributed by atoms with Gasteiger partial charge in [0, 0.05) is 6.42 Å². The van der Waals surface area contributed by atoms with Gasteiger partial charge in [-0.05, 0) is 120 Å². The van der Waals surface area contributed by atoms with Crippen LogP contribution < -0.4 is 10.1 Å². The number of ether oxygens (including phenoxy) is 1. The number of nitrogens with one attached hydrogen (secondary N) is 1. The van der Waals surface area contributed by atoms with Crippen molar-refractivity contribution in [1.82, 2.24) is 5.32 Å². The van der Waals surface area contributed by atoms with Gasteiger partial charge in [0.25, 0.3) is 0 Å². The Morgan fingerprint density at radius 3 is 2.08 bits per heavy atom. The Balaban J connectivity index is 2.29. The van der Waals surface area contributed by atoms with Crippen LogP contribution in [0.1, 0.15) is 5.56 Å². The molecule has 0 spiro atoms. The molecule has 10 heteroatoms. The summed E-state index contributed by atoms with van der Waals surface area (Å²) in [6, 6.07) is 6.17. The third-order valence-electron chi connectivity index (χ3n) is 3.28. The Morgan fingerprint density at radius 2 is 1.62 bits per heavy atom. The van der Waals surface area contributed by atoms with Crippen molar-refractivity contribution in [2.24, 2.45) is 0 Å². The van der Waals surface area contributed by atoms with E-state index in [1.807, 2.05) is 57.3 Å². The van der Waals surface area contributed by atoms with Gasteiger partial charge in [-0.25, -0.2) is 4.79 Å². The lowest BCUT2D eigenvalue weighted by Crippen LogP contribution is -2.37. The quantitative estimate of drug-likeness (QED) is 0.286. The number of hydrogen-bond acceptors (Lipinski definition) is 4. The average Bonchev–Trinajstić information content (AvgIpc) is 2.55. The third kappa shape index (κ3) is 5.70. The molecule has 0 aromatic heterocycles. The van der Waals surface area contributed by atoms with E-state index in [0.717, 1.165) is 12.7 Å². The largest absolute Gasteiger partial charge is 0.506 e. The lowest BCUT2D eigenvalue weighted by Gasteiger charge is -2.15. The number of phenols is 1. The van der Waals surface area contributed by atoms with Crippen molar-refractivity contribution >= 4 is 103 Å². The molecule has 0 saturated heterocycles. The maximum absolute atomic E-state index is 11.2. The fraction of sp³-hybridized carbons (Fsp3) is 0.125. The summed E-state index contributed by atoms with van der Waals surface area (Å²) < 4.78 is 9.00. The van der Waals surface area contributed by atoms with Crippen LogP contribution in [0.25, 0.3) is 0 Å². The van der Waals surface area contributed by atoms with Gasteiger partial charge in [0.15, 0.2) is 5.75 Å². The number of carboxylic acids is 1. The van der Waals surface area contributed by atoms with Gasteiger partial charge in [0.2, 0.25) is 6.41 Å². The van der Waals surface area contributed by atoms with E-state index in [0.29, 0.717) is 25.0 Å². The number of benzene rings is 2. The summed E-state index contributed by atoms with van der Waals surface area (Å²) in [6.07, 6.45) is 0.565. The molecule has 0 heterocycles. The van der Waals surface area contributed by atoms with E-state index >= 15 is 0 Å². The molecule has 0 fully saturated rings. The molecule has 0 saturated carbocycles. The number of hydrogen-bond donors (Lipinski definition) is 3. The minimum absolute atomic E-state index is 0.176. The second-order valence-electron chi connectivity index (χ2n) is 5.11. The highest BCUT2D eigenvalue weighted by atomic mass is 127. The molecule has 1 amide bonds. The average molecular weight is 811 g/mol. The van der Waals surface area contributed by atoms with Gasteiger partial charge in [-0.3, -0.25) is 4.79 Å². The van der Waals surface area contributed by atoms with Crippen molar-refractivity contribution < 1.29 is 24.5 Å². The highest BCUT2D eigenvalue weighted by molar-refractivity contribution is 14.1. The predicted molar refractivity (Wildman–Crippen MR) is 130 cm³/mol. The van der Waals surface area contributed by atoms with E-state index in [-0.39, 0.29) is 12.2 Å². The number of carboxylic acid groups (broad SMARTS) is 1. The SMILES string of the molecule is O=CN[C@@H](Cc1cc(I)c(O[13c]2[13cH][13c](I)[13c](O)[13c](I)[13cH]2)c(I)c1)C(=O)O. The molecule has 0 aliphatic rings. The summed E-state index contributed by atoms with van der Waals surface area (Å²) in [5.41, 5.74) is 0.780. The number of rotatable bonds is 7. The third-order valence-corrected chi connectivity index (χ3v) is 6.52. The van der Waals surface area contributed by atoms with Crippen LogP contribution in [0.5, 0.6) is 17.2 Å². The highest BCUT2D eigenvalue weighted by Crippen LogP contribution is 2.36. The minimum atomic E-state index is -1.09. The summed E-state index contributed by atoms with van der Waals surface area (Å²) >= 11 is 8.33. The van der Waals surface area contributed by atoms with Crippen molar-refractivity contribution in [2.45, 2.75) is 12.5 Å². The molecule has 6 nitrogen and oxygen atoms in total. The summed E-state index contributed by atoms with van der Waals surface area (Å²) in [6.45, 7) is 0. The fourth-order valence-electron chi connectivity index (χ4n) is 2.08. The van der Waals surface area contributed by atoms with Crippen molar-refractivity contribution in [3.63, 3.8) is 0 Å². The van der Waals surface area contributed by atoms with Crippen LogP contribution >= 0.6 is 90.4 Å². The first-order chi connectivity index (χ1) is 12.2. The predicted octanol–water partition coefficient (Wildman–Crippen LogP) is 4.34. The fourth-order valence-corrected chi connectivity index (χ4v) is 5.91. The molecule has 26 heavy (non-hydrogen) atoms. The molecule has 0 bridgehead atoms. The monoisotopic (exact) mass is 811 g/mol. The molecule has 2 rings (SSSR count). The zero-order valence-corrected chi connectivity index (χ0v) is 21.4. The Hall–Kier alpha value is -0.100. The van der Waals surface area contributed by atoms with Crippen LogP contribution in [-0.2, 0) is 16.0 Å². The molecular weight excluding hydrogens is 800 g/mol. The van der Waals surface area contributed by atoms with Crippen molar-refractivity contribution in [1.29, 1.82) is 0 Å². The van der Waals surface area contributed by atoms with E-state index in [4.69, 9.17) is 9.84 Å².